The Morgan fingerprint density at radius 1 is 1.43 bits per heavy atom. The summed E-state index contributed by atoms with van der Waals surface area (Å²) >= 11 is 9.44. The molecule has 1 fully saturated rings. The van der Waals surface area contributed by atoms with Crippen LogP contribution in [0, 0.1) is 0 Å². The molecule has 0 spiro atoms. The van der Waals surface area contributed by atoms with Gasteiger partial charge in [0.05, 0.1) is 0 Å². The first kappa shape index (κ1) is 10.7. The third kappa shape index (κ3) is 3.12. The molecule has 1 aliphatic heterocycles. The Balaban J connectivity index is 1.89. The molecule has 1 aliphatic rings. The number of thiazole rings is 1. The highest BCUT2D eigenvalue weighted by atomic mass is 35.5. The molecule has 1 aromatic rings. The number of nitrogens with zero attached hydrogens (tertiary/aromatic N) is 2. The maximum atomic E-state index is 5.80. The second-order valence-electron chi connectivity index (χ2n) is 3.32. The number of hydrogen-bond donors (Lipinski definition) is 0. The molecule has 78 valence electrons. The predicted octanol–water partition coefficient (Wildman–Crippen LogP) is 2.74. The Morgan fingerprint density at radius 3 is 3.14 bits per heavy atom. The molecule has 1 aromatic heterocycles. The van der Waals surface area contributed by atoms with Crippen LogP contribution in [0.5, 0.6) is 0 Å². The van der Waals surface area contributed by atoms with Gasteiger partial charge in [0.25, 0.3) is 0 Å². The maximum Gasteiger partial charge on any atom is 0.183 e. The minimum atomic E-state index is 0.657. The average molecular weight is 249 g/mol. The number of thioether (sulfide) groups is 1. The topological polar surface area (TPSA) is 16.1 Å². The molecule has 0 aliphatic carbocycles. The van der Waals surface area contributed by atoms with Crippen LogP contribution >= 0.6 is 34.7 Å². The van der Waals surface area contributed by atoms with Gasteiger partial charge in [0.1, 0.15) is 0 Å². The average Bonchev–Trinajstić information content (AvgIpc) is 2.43. The number of halogens is 1. The minimum absolute atomic E-state index is 0.657. The Labute approximate surface area is 97.7 Å². The van der Waals surface area contributed by atoms with E-state index in [1.165, 1.54) is 35.9 Å². The summed E-state index contributed by atoms with van der Waals surface area (Å²) in [5.41, 5.74) is 0. The van der Waals surface area contributed by atoms with Gasteiger partial charge in [-0.1, -0.05) is 11.6 Å². The smallest absolute Gasteiger partial charge is 0.183 e. The van der Waals surface area contributed by atoms with Crippen LogP contribution < -0.4 is 0 Å². The molecule has 0 atom stereocenters. The fourth-order valence-electron chi connectivity index (χ4n) is 1.53. The molecule has 0 amide bonds. The Bertz CT molecular complexity index is 282. The van der Waals surface area contributed by atoms with Crippen molar-refractivity contribution in [3.05, 3.63) is 15.5 Å². The molecular formula is C9H13ClN2S2. The number of hydrogen-bond acceptors (Lipinski definition) is 4. The molecule has 0 unspecified atom stereocenters. The van der Waals surface area contributed by atoms with E-state index < -0.39 is 0 Å². The first-order valence-corrected chi connectivity index (χ1v) is 7.10. The predicted molar refractivity (Wildman–Crippen MR) is 64.3 cm³/mol. The highest BCUT2D eigenvalue weighted by molar-refractivity contribution is 7.99. The SMILES string of the molecule is Clc1ncc(CN2CCCSCC2)s1. The molecule has 0 saturated carbocycles. The molecular weight excluding hydrogens is 236 g/mol. The Morgan fingerprint density at radius 2 is 2.36 bits per heavy atom. The summed E-state index contributed by atoms with van der Waals surface area (Å²) in [5, 5.41) is 0. The van der Waals surface area contributed by atoms with Gasteiger partial charge in [-0.15, -0.1) is 11.3 Å². The molecule has 0 N–H and O–H groups in total. The zero-order valence-corrected chi connectivity index (χ0v) is 10.3. The molecule has 0 radical (unpaired) electrons. The van der Waals surface area contributed by atoms with Crippen molar-refractivity contribution in [3.8, 4) is 0 Å². The fourth-order valence-corrected chi connectivity index (χ4v) is 3.48. The maximum absolute atomic E-state index is 5.80. The lowest BCUT2D eigenvalue weighted by molar-refractivity contribution is 0.290. The van der Waals surface area contributed by atoms with Gasteiger partial charge in [-0.3, -0.25) is 4.90 Å². The second-order valence-corrected chi connectivity index (χ2v) is 6.24. The van der Waals surface area contributed by atoms with Gasteiger partial charge in [0.2, 0.25) is 0 Å². The van der Waals surface area contributed by atoms with E-state index in [4.69, 9.17) is 11.6 Å². The second kappa shape index (κ2) is 5.35. The largest absolute Gasteiger partial charge is 0.297 e. The first-order chi connectivity index (χ1) is 6.84. The van der Waals surface area contributed by atoms with Crippen LogP contribution in [0.25, 0.3) is 0 Å². The number of aromatic nitrogens is 1. The Kier molecular flexibility index (Phi) is 4.10. The molecule has 2 heterocycles. The molecule has 0 aromatic carbocycles. The van der Waals surface area contributed by atoms with Crippen LogP contribution in [0.15, 0.2) is 6.20 Å². The lowest BCUT2D eigenvalue weighted by atomic mass is 10.4. The monoisotopic (exact) mass is 248 g/mol. The summed E-state index contributed by atoms with van der Waals surface area (Å²) < 4.78 is 0.657. The van der Waals surface area contributed by atoms with Crippen molar-refractivity contribution in [1.29, 1.82) is 0 Å². The third-order valence-corrected chi connectivity index (χ3v) is 4.37. The van der Waals surface area contributed by atoms with E-state index in [-0.39, 0.29) is 0 Å². The quantitative estimate of drug-likeness (QED) is 0.801. The van der Waals surface area contributed by atoms with Crippen molar-refractivity contribution >= 4 is 34.7 Å². The van der Waals surface area contributed by atoms with Crippen LogP contribution in [0.4, 0.5) is 0 Å². The van der Waals surface area contributed by atoms with E-state index in [2.05, 4.69) is 21.6 Å². The van der Waals surface area contributed by atoms with Crippen LogP contribution in [0.2, 0.25) is 4.47 Å². The van der Waals surface area contributed by atoms with Crippen molar-refractivity contribution < 1.29 is 0 Å². The van der Waals surface area contributed by atoms with Crippen LogP contribution in [-0.4, -0.2) is 34.5 Å². The van der Waals surface area contributed by atoms with Crippen molar-refractivity contribution in [2.75, 3.05) is 24.6 Å². The summed E-state index contributed by atoms with van der Waals surface area (Å²) in [4.78, 5) is 7.83. The van der Waals surface area contributed by atoms with E-state index in [9.17, 15) is 0 Å². The van der Waals surface area contributed by atoms with E-state index in [1.807, 2.05) is 6.20 Å². The molecule has 1 saturated heterocycles. The van der Waals surface area contributed by atoms with Crippen LogP contribution in [0.3, 0.4) is 0 Å². The molecule has 0 bridgehead atoms. The summed E-state index contributed by atoms with van der Waals surface area (Å²) in [6, 6.07) is 0. The van der Waals surface area contributed by atoms with Crippen molar-refractivity contribution in [1.82, 2.24) is 9.88 Å². The molecule has 5 heteroatoms. The van der Waals surface area contributed by atoms with Gasteiger partial charge in [-0.2, -0.15) is 11.8 Å². The number of rotatable bonds is 2. The zero-order chi connectivity index (χ0) is 9.80. The fraction of sp³-hybridized carbons (Fsp3) is 0.667. The third-order valence-electron chi connectivity index (χ3n) is 2.22. The van der Waals surface area contributed by atoms with Crippen molar-refractivity contribution in [2.45, 2.75) is 13.0 Å². The summed E-state index contributed by atoms with van der Waals surface area (Å²) in [7, 11) is 0. The molecule has 2 nitrogen and oxygen atoms in total. The summed E-state index contributed by atoms with van der Waals surface area (Å²) in [6.45, 7) is 3.42. The zero-order valence-electron chi connectivity index (χ0n) is 7.91. The Hall–Kier alpha value is 0.230. The lowest BCUT2D eigenvalue weighted by Gasteiger charge is -2.17. The van der Waals surface area contributed by atoms with E-state index in [0.717, 1.165) is 6.54 Å². The van der Waals surface area contributed by atoms with Crippen molar-refractivity contribution in [3.63, 3.8) is 0 Å². The highest BCUT2D eigenvalue weighted by Gasteiger charge is 2.10. The van der Waals surface area contributed by atoms with Gasteiger partial charge < -0.3 is 0 Å². The van der Waals surface area contributed by atoms with Gasteiger partial charge in [0.15, 0.2) is 4.47 Å². The highest BCUT2D eigenvalue weighted by Crippen LogP contribution is 2.20. The lowest BCUT2D eigenvalue weighted by Crippen LogP contribution is -2.24. The summed E-state index contributed by atoms with van der Waals surface area (Å²) in [5.74, 6) is 2.56. The summed E-state index contributed by atoms with van der Waals surface area (Å²) in [6.07, 6.45) is 3.20. The standard InChI is InChI=1S/C9H13ClN2S2/c10-9-11-6-8(14-9)7-12-2-1-4-13-5-3-12/h6H,1-5,7H2. The minimum Gasteiger partial charge on any atom is -0.297 e. The first-order valence-electron chi connectivity index (χ1n) is 4.75. The van der Waals surface area contributed by atoms with Crippen molar-refractivity contribution in [2.24, 2.45) is 0 Å². The van der Waals surface area contributed by atoms with Crippen LogP contribution in [-0.2, 0) is 6.54 Å². The van der Waals surface area contributed by atoms with Gasteiger partial charge >= 0.3 is 0 Å². The van der Waals surface area contributed by atoms with Crippen LogP contribution in [0.1, 0.15) is 11.3 Å². The molecule has 14 heavy (non-hydrogen) atoms. The normalized spacial score (nSPS) is 19.5. The van der Waals surface area contributed by atoms with E-state index in [0.29, 0.717) is 4.47 Å². The van der Waals surface area contributed by atoms with Gasteiger partial charge in [-0.25, -0.2) is 4.98 Å². The van der Waals surface area contributed by atoms with Gasteiger partial charge in [-0.05, 0) is 18.7 Å². The van der Waals surface area contributed by atoms with E-state index in [1.54, 1.807) is 11.3 Å². The molecule has 2 rings (SSSR count). The van der Waals surface area contributed by atoms with Gasteiger partial charge in [0, 0.05) is 29.9 Å². The van der Waals surface area contributed by atoms with E-state index >= 15 is 0 Å².